The van der Waals surface area contributed by atoms with Crippen molar-refractivity contribution >= 4 is 0 Å². The van der Waals surface area contributed by atoms with Crippen molar-refractivity contribution in [1.82, 2.24) is 0 Å². The van der Waals surface area contributed by atoms with E-state index in [0.29, 0.717) is 46.0 Å². The highest BCUT2D eigenvalue weighted by atomic mass is 16.5. The largest absolute Gasteiger partial charge is 0.497 e. The second-order valence-electron chi connectivity index (χ2n) is 10.1. The molecule has 0 aliphatic rings. The summed E-state index contributed by atoms with van der Waals surface area (Å²) in [7, 11) is 3.28. The lowest BCUT2D eigenvalue weighted by atomic mass is 10.1. The second-order valence-corrected chi connectivity index (χ2v) is 10.1. The number of hydrogen-bond acceptors (Lipinski definition) is 6. The molecule has 0 bridgehead atoms. The number of ether oxygens (including phenoxy) is 6. The first-order valence-corrected chi connectivity index (χ1v) is 13.6. The molecule has 42 heavy (non-hydrogen) atoms. The smallest absolute Gasteiger partial charge is 0.134 e. The van der Waals surface area contributed by atoms with E-state index < -0.39 is 0 Å². The van der Waals surface area contributed by atoms with Crippen molar-refractivity contribution in [2.45, 2.75) is 27.7 Å². The molecule has 0 aliphatic carbocycles. The lowest BCUT2D eigenvalue weighted by molar-refractivity contribution is 0.408. The average Bonchev–Trinajstić information content (AvgIpc) is 2.95. The molecule has 0 spiro atoms. The molecule has 0 unspecified atom stereocenters. The summed E-state index contributed by atoms with van der Waals surface area (Å²) in [6, 6.07) is 30.6. The molecule has 0 saturated heterocycles. The third-order valence-electron chi connectivity index (χ3n) is 6.51. The Morgan fingerprint density at radius 3 is 1.10 bits per heavy atom. The Hall–Kier alpha value is -5.10. The highest BCUT2D eigenvalue weighted by Gasteiger charge is 2.12. The molecular formula is C36H34O6. The first-order chi connectivity index (χ1) is 20.3. The molecule has 0 aliphatic heterocycles. The van der Waals surface area contributed by atoms with Crippen LogP contribution in [-0.4, -0.2) is 14.2 Å². The number of benzene rings is 5. The Balaban J connectivity index is 1.33. The molecule has 0 atom stereocenters. The van der Waals surface area contributed by atoms with Crippen LogP contribution in [-0.2, 0) is 0 Å². The fourth-order valence-corrected chi connectivity index (χ4v) is 4.52. The highest BCUT2D eigenvalue weighted by molar-refractivity contribution is 5.52. The van der Waals surface area contributed by atoms with Crippen molar-refractivity contribution in [1.29, 1.82) is 0 Å². The average molecular weight is 563 g/mol. The minimum atomic E-state index is 0.649. The first-order valence-electron chi connectivity index (χ1n) is 13.6. The zero-order valence-corrected chi connectivity index (χ0v) is 24.7. The van der Waals surface area contributed by atoms with Gasteiger partial charge in [-0.25, -0.2) is 0 Å². The summed E-state index contributed by atoms with van der Waals surface area (Å²) >= 11 is 0. The van der Waals surface area contributed by atoms with Crippen LogP contribution >= 0.6 is 0 Å². The van der Waals surface area contributed by atoms with Gasteiger partial charge in [-0.15, -0.1) is 0 Å². The van der Waals surface area contributed by atoms with Gasteiger partial charge in [-0.05, 0) is 105 Å². The van der Waals surface area contributed by atoms with Gasteiger partial charge in [0, 0.05) is 29.8 Å². The van der Waals surface area contributed by atoms with Crippen LogP contribution in [0.2, 0.25) is 0 Å². The van der Waals surface area contributed by atoms with Gasteiger partial charge in [0.2, 0.25) is 0 Å². The monoisotopic (exact) mass is 562 g/mol. The van der Waals surface area contributed by atoms with Crippen LogP contribution in [0.5, 0.6) is 57.5 Å². The molecule has 0 heterocycles. The molecule has 0 amide bonds. The van der Waals surface area contributed by atoms with Crippen LogP contribution in [0.1, 0.15) is 22.3 Å². The quantitative estimate of drug-likeness (QED) is 0.169. The minimum absolute atomic E-state index is 0.649. The fourth-order valence-electron chi connectivity index (χ4n) is 4.52. The minimum Gasteiger partial charge on any atom is -0.497 e. The van der Waals surface area contributed by atoms with E-state index in [1.807, 2.05) is 125 Å². The Morgan fingerprint density at radius 1 is 0.357 bits per heavy atom. The summed E-state index contributed by atoms with van der Waals surface area (Å²) in [5.74, 6) is 6.87. The SMILES string of the molecule is COc1cc(C)cc(Oc2cccc(Oc3cc(C)cc(Oc4cccc(Oc5cc(C)cc(OC)c5)c4)c3C)c2)c1. The van der Waals surface area contributed by atoms with Crippen molar-refractivity contribution in [3.8, 4) is 57.5 Å². The zero-order valence-electron chi connectivity index (χ0n) is 24.7. The molecule has 5 rings (SSSR count). The summed E-state index contributed by atoms with van der Waals surface area (Å²) in [6.45, 7) is 7.98. The molecule has 0 saturated carbocycles. The summed E-state index contributed by atoms with van der Waals surface area (Å²) in [6.07, 6.45) is 0. The summed E-state index contributed by atoms with van der Waals surface area (Å²) in [5, 5.41) is 0. The summed E-state index contributed by atoms with van der Waals surface area (Å²) < 4.78 is 35.6. The molecule has 0 radical (unpaired) electrons. The van der Waals surface area contributed by atoms with Crippen LogP contribution in [0.15, 0.2) is 97.1 Å². The van der Waals surface area contributed by atoms with Crippen LogP contribution in [0, 0.1) is 27.7 Å². The van der Waals surface area contributed by atoms with E-state index in [0.717, 1.165) is 33.8 Å². The number of aryl methyl sites for hydroxylation is 3. The molecule has 6 heteroatoms. The van der Waals surface area contributed by atoms with Gasteiger partial charge in [0.1, 0.15) is 57.5 Å². The Kier molecular flexibility index (Phi) is 8.53. The third-order valence-corrected chi connectivity index (χ3v) is 6.51. The first kappa shape index (κ1) is 28.4. The van der Waals surface area contributed by atoms with Gasteiger partial charge in [-0.2, -0.15) is 0 Å². The van der Waals surface area contributed by atoms with Crippen LogP contribution in [0.3, 0.4) is 0 Å². The van der Waals surface area contributed by atoms with Gasteiger partial charge in [-0.3, -0.25) is 0 Å². The lowest BCUT2D eigenvalue weighted by Gasteiger charge is -2.16. The fraction of sp³-hybridized carbons (Fsp3) is 0.167. The molecule has 6 nitrogen and oxygen atoms in total. The Bertz CT molecular complexity index is 1590. The third kappa shape index (κ3) is 7.15. The van der Waals surface area contributed by atoms with E-state index in [2.05, 4.69) is 0 Å². The predicted octanol–water partition coefficient (Wildman–Crippen LogP) is 10.1. The van der Waals surface area contributed by atoms with E-state index in [9.17, 15) is 0 Å². The molecule has 214 valence electrons. The Morgan fingerprint density at radius 2 is 0.690 bits per heavy atom. The van der Waals surface area contributed by atoms with Crippen molar-refractivity contribution in [2.24, 2.45) is 0 Å². The molecule has 0 fully saturated rings. The van der Waals surface area contributed by atoms with Gasteiger partial charge in [0.25, 0.3) is 0 Å². The Labute approximate surface area is 247 Å². The standard InChI is InChI=1S/C36H34O6/c1-23-13-31(37-5)21-33(15-23)39-27-9-7-11-29(19-27)41-35-17-25(3)18-36(26(35)4)42-30-12-8-10-28(20-30)40-34-16-24(2)14-32(22-34)38-6/h7-22H,1-6H3. The van der Waals surface area contributed by atoms with Gasteiger partial charge in [0.15, 0.2) is 0 Å². The van der Waals surface area contributed by atoms with Gasteiger partial charge >= 0.3 is 0 Å². The van der Waals surface area contributed by atoms with Crippen molar-refractivity contribution in [3.63, 3.8) is 0 Å². The van der Waals surface area contributed by atoms with Gasteiger partial charge in [0.05, 0.1) is 14.2 Å². The maximum absolute atomic E-state index is 6.33. The maximum atomic E-state index is 6.33. The van der Waals surface area contributed by atoms with E-state index in [4.69, 9.17) is 28.4 Å². The van der Waals surface area contributed by atoms with Crippen molar-refractivity contribution < 1.29 is 28.4 Å². The van der Waals surface area contributed by atoms with Crippen LogP contribution in [0.4, 0.5) is 0 Å². The van der Waals surface area contributed by atoms with Crippen molar-refractivity contribution in [2.75, 3.05) is 14.2 Å². The van der Waals surface area contributed by atoms with E-state index >= 15 is 0 Å². The van der Waals surface area contributed by atoms with Gasteiger partial charge in [-0.1, -0.05) is 12.1 Å². The zero-order chi connectivity index (χ0) is 29.6. The topological polar surface area (TPSA) is 55.4 Å². The van der Waals surface area contributed by atoms with Crippen molar-refractivity contribution in [3.05, 3.63) is 119 Å². The summed E-state index contributed by atoms with van der Waals surface area (Å²) in [4.78, 5) is 0. The molecule has 5 aromatic rings. The number of hydrogen-bond donors (Lipinski definition) is 0. The molecular weight excluding hydrogens is 528 g/mol. The highest BCUT2D eigenvalue weighted by Crippen LogP contribution is 2.38. The molecule has 0 N–H and O–H groups in total. The van der Waals surface area contributed by atoms with Crippen LogP contribution in [0.25, 0.3) is 0 Å². The molecule has 5 aromatic carbocycles. The summed E-state index contributed by atoms with van der Waals surface area (Å²) in [5.41, 5.74) is 3.97. The second kappa shape index (κ2) is 12.6. The predicted molar refractivity (Wildman–Crippen MR) is 165 cm³/mol. The normalized spacial score (nSPS) is 10.6. The van der Waals surface area contributed by atoms with E-state index in [-0.39, 0.29) is 0 Å². The molecule has 0 aromatic heterocycles. The number of methoxy groups -OCH3 is 2. The lowest BCUT2D eigenvalue weighted by Crippen LogP contribution is -1.95. The van der Waals surface area contributed by atoms with E-state index in [1.54, 1.807) is 14.2 Å². The van der Waals surface area contributed by atoms with E-state index in [1.165, 1.54) is 0 Å². The maximum Gasteiger partial charge on any atom is 0.134 e. The van der Waals surface area contributed by atoms with Gasteiger partial charge < -0.3 is 28.4 Å². The van der Waals surface area contributed by atoms with Crippen LogP contribution < -0.4 is 28.4 Å². The number of rotatable bonds is 10.